The van der Waals surface area contributed by atoms with Crippen molar-refractivity contribution in [2.75, 3.05) is 10.6 Å². The van der Waals surface area contributed by atoms with Crippen LogP contribution in [0.15, 0.2) is 72.8 Å². The van der Waals surface area contributed by atoms with E-state index in [0.717, 1.165) is 37.3 Å². The smallest absolute Gasteiger partial charge is 0.308 e. The number of carbonyl (C=O) groups excluding carboxylic acids is 1. The van der Waals surface area contributed by atoms with Gasteiger partial charge >= 0.3 is 12.2 Å². The topological polar surface area (TPSA) is 44.4 Å². The van der Waals surface area contributed by atoms with E-state index in [9.17, 15) is 18.0 Å². The fourth-order valence-corrected chi connectivity index (χ4v) is 3.56. The summed E-state index contributed by atoms with van der Waals surface area (Å²) in [6, 6.07) is 19.8. The van der Waals surface area contributed by atoms with Crippen molar-refractivity contribution in [2.24, 2.45) is 0 Å². The van der Waals surface area contributed by atoms with Gasteiger partial charge in [-0.2, -0.15) is 13.2 Å². The minimum atomic E-state index is -4.46. The van der Waals surface area contributed by atoms with Gasteiger partial charge in [0.2, 0.25) is 0 Å². The Hall–Kier alpha value is -3.32. The van der Waals surface area contributed by atoms with Gasteiger partial charge in [0, 0.05) is 31.0 Å². The van der Waals surface area contributed by atoms with Crippen molar-refractivity contribution in [1.82, 2.24) is 4.90 Å². The lowest BCUT2D eigenvalue weighted by Gasteiger charge is -2.14. The number of alkyl halides is 3. The van der Waals surface area contributed by atoms with Gasteiger partial charge in [0.1, 0.15) is 0 Å². The zero-order chi connectivity index (χ0) is 21.1. The first-order valence-corrected chi connectivity index (χ1v) is 9.50. The second-order valence-electron chi connectivity index (χ2n) is 7.27. The third-order valence-electron chi connectivity index (χ3n) is 4.95. The average Bonchev–Trinajstić information content (AvgIpc) is 3.09. The molecule has 1 aliphatic rings. The first-order valence-electron chi connectivity index (χ1n) is 9.50. The molecule has 4 nitrogen and oxygen atoms in total. The van der Waals surface area contributed by atoms with Crippen LogP contribution in [-0.4, -0.2) is 10.9 Å². The van der Waals surface area contributed by atoms with E-state index in [1.807, 2.05) is 30.3 Å². The maximum absolute atomic E-state index is 12.8. The number of nitrogens with zero attached hydrogens (tertiary/aromatic N) is 1. The highest BCUT2D eigenvalue weighted by atomic mass is 19.4. The van der Waals surface area contributed by atoms with Crippen molar-refractivity contribution in [3.63, 3.8) is 0 Å². The van der Waals surface area contributed by atoms with Gasteiger partial charge < -0.3 is 10.6 Å². The minimum Gasteiger partial charge on any atom is -0.308 e. The van der Waals surface area contributed by atoms with Gasteiger partial charge in [-0.1, -0.05) is 42.5 Å². The van der Waals surface area contributed by atoms with Gasteiger partial charge in [0.05, 0.1) is 5.56 Å². The molecule has 0 bridgehead atoms. The Labute approximate surface area is 172 Å². The summed E-state index contributed by atoms with van der Waals surface area (Å²) in [6.45, 7) is 2.45. The number of anilines is 2. The standard InChI is InChI=1S/C23H20F3N3O/c24-23(25,26)19-7-4-8-20(12-19)27-22(30)28-21-10-9-17-14-29(15-18(17)11-21)13-16-5-2-1-3-6-16/h1-12H,13-15H2,(H2,27,28,30). The van der Waals surface area contributed by atoms with Crippen molar-refractivity contribution in [3.05, 3.63) is 95.1 Å². The fourth-order valence-electron chi connectivity index (χ4n) is 3.56. The summed E-state index contributed by atoms with van der Waals surface area (Å²) in [5, 5.41) is 5.14. The summed E-state index contributed by atoms with van der Waals surface area (Å²) < 4.78 is 38.4. The maximum atomic E-state index is 12.8. The molecule has 0 aromatic heterocycles. The van der Waals surface area contributed by atoms with E-state index in [1.54, 1.807) is 6.07 Å². The minimum absolute atomic E-state index is 0.0810. The van der Waals surface area contributed by atoms with Crippen LogP contribution in [0.2, 0.25) is 0 Å². The molecule has 0 radical (unpaired) electrons. The lowest BCUT2D eigenvalue weighted by atomic mass is 10.1. The Bertz CT molecular complexity index is 1050. The molecule has 30 heavy (non-hydrogen) atoms. The predicted octanol–water partition coefficient (Wildman–Crippen LogP) is 5.87. The summed E-state index contributed by atoms with van der Waals surface area (Å²) in [5.41, 5.74) is 3.44. The normalized spacial score (nSPS) is 13.7. The van der Waals surface area contributed by atoms with Gasteiger partial charge in [-0.25, -0.2) is 4.79 Å². The van der Waals surface area contributed by atoms with E-state index in [4.69, 9.17) is 0 Å². The highest BCUT2D eigenvalue weighted by molar-refractivity contribution is 5.99. The number of hydrogen-bond acceptors (Lipinski definition) is 2. The molecule has 7 heteroatoms. The largest absolute Gasteiger partial charge is 0.416 e. The zero-order valence-corrected chi connectivity index (χ0v) is 16.0. The van der Waals surface area contributed by atoms with E-state index < -0.39 is 17.8 Å². The van der Waals surface area contributed by atoms with Gasteiger partial charge in [0.25, 0.3) is 0 Å². The quantitative estimate of drug-likeness (QED) is 0.564. The molecule has 0 unspecified atom stereocenters. The Kier molecular flexibility index (Phi) is 5.46. The van der Waals surface area contributed by atoms with Crippen LogP contribution < -0.4 is 10.6 Å². The molecule has 4 rings (SSSR count). The second kappa shape index (κ2) is 8.20. The molecule has 3 aromatic carbocycles. The van der Waals surface area contributed by atoms with E-state index in [2.05, 4.69) is 27.7 Å². The SMILES string of the molecule is O=C(Nc1cccc(C(F)(F)F)c1)Nc1ccc2c(c1)CN(Cc1ccccc1)C2. The van der Waals surface area contributed by atoms with Gasteiger partial charge in [-0.15, -0.1) is 0 Å². The number of hydrogen-bond donors (Lipinski definition) is 2. The molecule has 154 valence electrons. The molecule has 0 saturated carbocycles. The molecular weight excluding hydrogens is 391 g/mol. The van der Waals surface area contributed by atoms with Gasteiger partial charge in [-0.3, -0.25) is 4.90 Å². The van der Waals surface area contributed by atoms with Crippen LogP contribution in [0.5, 0.6) is 0 Å². The summed E-state index contributed by atoms with van der Waals surface area (Å²) in [6.07, 6.45) is -4.46. The molecular formula is C23H20F3N3O. The van der Waals surface area contributed by atoms with Crippen LogP contribution in [0.25, 0.3) is 0 Å². The van der Waals surface area contributed by atoms with Crippen molar-refractivity contribution in [1.29, 1.82) is 0 Å². The summed E-state index contributed by atoms with van der Waals surface area (Å²) in [4.78, 5) is 14.5. The molecule has 1 heterocycles. The van der Waals surface area contributed by atoms with E-state index in [0.29, 0.717) is 5.69 Å². The predicted molar refractivity (Wildman–Crippen MR) is 110 cm³/mol. The van der Waals surface area contributed by atoms with Crippen LogP contribution in [0.3, 0.4) is 0 Å². The number of halogens is 3. The van der Waals surface area contributed by atoms with Crippen LogP contribution in [0.4, 0.5) is 29.3 Å². The van der Waals surface area contributed by atoms with Gasteiger partial charge in [0.15, 0.2) is 0 Å². The number of fused-ring (bicyclic) bond motifs is 1. The van der Waals surface area contributed by atoms with E-state index >= 15 is 0 Å². The highest BCUT2D eigenvalue weighted by Gasteiger charge is 2.30. The summed E-state index contributed by atoms with van der Waals surface area (Å²) in [5.74, 6) is 0. The third kappa shape index (κ3) is 4.80. The molecule has 0 aliphatic carbocycles. The van der Waals surface area contributed by atoms with E-state index in [1.165, 1.54) is 23.3 Å². The number of carbonyl (C=O) groups is 1. The van der Waals surface area contributed by atoms with Crippen LogP contribution in [0.1, 0.15) is 22.3 Å². The zero-order valence-electron chi connectivity index (χ0n) is 16.0. The van der Waals surface area contributed by atoms with Crippen LogP contribution in [-0.2, 0) is 25.8 Å². The second-order valence-corrected chi connectivity index (χ2v) is 7.27. The van der Waals surface area contributed by atoms with Crippen molar-refractivity contribution in [3.8, 4) is 0 Å². The number of urea groups is 1. The average molecular weight is 411 g/mol. The monoisotopic (exact) mass is 411 g/mol. The maximum Gasteiger partial charge on any atom is 0.416 e. The molecule has 0 fully saturated rings. The Morgan fingerprint density at radius 1 is 0.833 bits per heavy atom. The van der Waals surface area contributed by atoms with Crippen molar-refractivity contribution < 1.29 is 18.0 Å². The first-order chi connectivity index (χ1) is 14.4. The molecule has 0 spiro atoms. The number of benzene rings is 3. The fraction of sp³-hybridized carbons (Fsp3) is 0.174. The molecule has 0 saturated heterocycles. The molecule has 2 amide bonds. The summed E-state index contributed by atoms with van der Waals surface area (Å²) in [7, 11) is 0. The molecule has 0 atom stereocenters. The van der Waals surface area contributed by atoms with Crippen molar-refractivity contribution in [2.45, 2.75) is 25.8 Å². The Morgan fingerprint density at radius 2 is 1.53 bits per heavy atom. The van der Waals surface area contributed by atoms with E-state index in [-0.39, 0.29) is 5.69 Å². The Morgan fingerprint density at radius 3 is 2.27 bits per heavy atom. The lowest BCUT2D eigenvalue weighted by Crippen LogP contribution is -2.20. The number of nitrogens with one attached hydrogen (secondary N) is 2. The van der Waals surface area contributed by atoms with Gasteiger partial charge in [-0.05, 0) is 47.0 Å². The number of amides is 2. The molecule has 2 N–H and O–H groups in total. The summed E-state index contributed by atoms with van der Waals surface area (Å²) >= 11 is 0. The molecule has 1 aliphatic heterocycles. The lowest BCUT2D eigenvalue weighted by molar-refractivity contribution is -0.137. The van der Waals surface area contributed by atoms with Crippen LogP contribution in [0, 0.1) is 0 Å². The molecule has 3 aromatic rings. The Balaban J connectivity index is 1.38. The van der Waals surface area contributed by atoms with Crippen LogP contribution >= 0.6 is 0 Å². The highest BCUT2D eigenvalue weighted by Crippen LogP contribution is 2.31. The third-order valence-corrected chi connectivity index (χ3v) is 4.95. The first kappa shape index (κ1) is 20.0. The van der Waals surface area contributed by atoms with Crippen molar-refractivity contribution >= 4 is 17.4 Å². The number of rotatable bonds is 4.